The number of hydrogen-bond acceptors (Lipinski definition) is 4. The summed E-state index contributed by atoms with van der Waals surface area (Å²) in [5.41, 5.74) is 0.224. The normalized spacial score (nSPS) is 30.6. The fourth-order valence-corrected chi connectivity index (χ4v) is 4.16. The lowest BCUT2D eigenvalue weighted by Gasteiger charge is -2.36. The van der Waals surface area contributed by atoms with Gasteiger partial charge in [-0.05, 0) is 31.9 Å². The maximum atomic E-state index is 12.6. The van der Waals surface area contributed by atoms with Crippen molar-refractivity contribution in [1.82, 2.24) is 15.5 Å². The van der Waals surface area contributed by atoms with Crippen LogP contribution in [0.1, 0.15) is 26.2 Å². The summed E-state index contributed by atoms with van der Waals surface area (Å²) < 4.78 is 0. The molecule has 2 bridgehead atoms. The maximum absolute atomic E-state index is 12.6. The Kier molecular flexibility index (Phi) is 3.67. The van der Waals surface area contributed by atoms with Crippen molar-refractivity contribution in [2.24, 2.45) is 0 Å². The average molecular weight is 342 g/mol. The monoisotopic (exact) mass is 342 g/mol. The molecular weight excluding hydrogens is 320 g/mol. The molecular formula is C18H22N4O3. The number of nitrogens with zero attached hydrogens (tertiary/aromatic N) is 2. The zero-order valence-electron chi connectivity index (χ0n) is 14.2. The second-order valence-electron chi connectivity index (χ2n) is 7.32. The molecule has 3 atom stereocenters. The minimum absolute atomic E-state index is 0.0652. The van der Waals surface area contributed by atoms with Crippen molar-refractivity contribution in [1.29, 1.82) is 0 Å². The summed E-state index contributed by atoms with van der Waals surface area (Å²) in [7, 11) is 0. The third-order valence-corrected chi connectivity index (χ3v) is 5.61. The van der Waals surface area contributed by atoms with E-state index in [1.807, 2.05) is 23.1 Å². The number of anilines is 1. The predicted molar refractivity (Wildman–Crippen MR) is 92.0 cm³/mol. The highest BCUT2D eigenvalue weighted by Gasteiger charge is 2.46. The number of rotatable bonds is 4. The summed E-state index contributed by atoms with van der Waals surface area (Å²) in [6.07, 6.45) is 1.58. The van der Waals surface area contributed by atoms with Gasteiger partial charge in [0.05, 0.1) is 6.04 Å². The van der Waals surface area contributed by atoms with Crippen molar-refractivity contribution in [3.63, 3.8) is 0 Å². The minimum atomic E-state index is -0.985. The fourth-order valence-electron chi connectivity index (χ4n) is 4.16. The molecule has 7 nitrogen and oxygen atoms in total. The van der Waals surface area contributed by atoms with Gasteiger partial charge in [-0.3, -0.25) is 14.9 Å². The number of para-hydroxylation sites is 1. The molecule has 3 unspecified atom stereocenters. The standard InChI is InChI=1S/C18H22N4O3/c1-18(16(24)19-17(25)20-18)8-7-15(23)22-11-13-9-14(22)10-21(13)12-5-3-2-4-6-12/h2-6,13-14H,7-11H2,1H3,(H2,19,20,24,25). The molecule has 0 radical (unpaired) electrons. The van der Waals surface area contributed by atoms with Crippen LogP contribution in [-0.2, 0) is 9.59 Å². The second kappa shape index (κ2) is 5.75. The van der Waals surface area contributed by atoms with E-state index in [4.69, 9.17) is 0 Å². The van der Waals surface area contributed by atoms with Gasteiger partial charge in [0, 0.05) is 31.2 Å². The van der Waals surface area contributed by atoms with Crippen molar-refractivity contribution in [2.75, 3.05) is 18.0 Å². The molecule has 1 aromatic carbocycles. The molecule has 3 fully saturated rings. The van der Waals surface area contributed by atoms with Gasteiger partial charge in [-0.25, -0.2) is 4.79 Å². The van der Waals surface area contributed by atoms with Crippen LogP contribution in [0.5, 0.6) is 0 Å². The van der Waals surface area contributed by atoms with Gasteiger partial charge >= 0.3 is 6.03 Å². The number of fused-ring (bicyclic) bond motifs is 2. The number of amides is 4. The molecule has 3 aliphatic rings. The number of nitrogens with one attached hydrogen (secondary N) is 2. The summed E-state index contributed by atoms with van der Waals surface area (Å²) in [5.74, 6) is -0.293. The van der Waals surface area contributed by atoms with Crippen LogP contribution in [0.15, 0.2) is 30.3 Å². The van der Waals surface area contributed by atoms with E-state index in [1.54, 1.807) is 6.92 Å². The van der Waals surface area contributed by atoms with Crippen LogP contribution in [-0.4, -0.2) is 53.5 Å². The van der Waals surface area contributed by atoms with Crippen LogP contribution in [0.3, 0.4) is 0 Å². The van der Waals surface area contributed by atoms with Crippen LogP contribution in [0, 0.1) is 0 Å². The topological polar surface area (TPSA) is 81.8 Å². The Balaban J connectivity index is 1.35. The Hall–Kier alpha value is -2.57. The Labute approximate surface area is 146 Å². The Bertz CT molecular complexity index is 722. The number of carbonyl (C=O) groups excluding carboxylic acids is 3. The predicted octanol–water partition coefficient (Wildman–Crippen LogP) is 0.854. The van der Waals surface area contributed by atoms with E-state index in [2.05, 4.69) is 27.7 Å². The number of carbonyl (C=O) groups is 3. The van der Waals surface area contributed by atoms with Crippen LogP contribution in [0.4, 0.5) is 10.5 Å². The SMILES string of the molecule is CC1(CCC(=O)N2CC3CC2CN3c2ccccc2)NC(=O)NC1=O. The molecule has 4 rings (SSSR count). The summed E-state index contributed by atoms with van der Waals surface area (Å²) in [5, 5.41) is 4.84. The molecule has 0 saturated carbocycles. The summed E-state index contributed by atoms with van der Waals surface area (Å²) in [4.78, 5) is 40.1. The average Bonchev–Trinajstić information content (AvgIpc) is 3.27. The molecule has 4 amide bonds. The van der Waals surface area contributed by atoms with E-state index in [0.29, 0.717) is 12.5 Å². The molecule has 3 saturated heterocycles. The highest BCUT2D eigenvalue weighted by atomic mass is 16.2. The zero-order valence-corrected chi connectivity index (χ0v) is 14.2. The van der Waals surface area contributed by atoms with E-state index in [-0.39, 0.29) is 24.3 Å². The van der Waals surface area contributed by atoms with Crippen LogP contribution >= 0.6 is 0 Å². The number of hydrogen-bond donors (Lipinski definition) is 2. The first-order valence-corrected chi connectivity index (χ1v) is 8.71. The third-order valence-electron chi connectivity index (χ3n) is 5.61. The smallest absolute Gasteiger partial charge is 0.322 e. The largest absolute Gasteiger partial charge is 0.365 e. The van der Waals surface area contributed by atoms with E-state index in [1.165, 1.54) is 5.69 Å². The summed E-state index contributed by atoms with van der Waals surface area (Å²) in [6, 6.07) is 10.4. The van der Waals surface area contributed by atoms with Gasteiger partial charge < -0.3 is 15.1 Å². The van der Waals surface area contributed by atoms with E-state index in [9.17, 15) is 14.4 Å². The Morgan fingerprint density at radius 3 is 2.56 bits per heavy atom. The summed E-state index contributed by atoms with van der Waals surface area (Å²) >= 11 is 0. The van der Waals surface area contributed by atoms with Gasteiger partial charge in [0.25, 0.3) is 5.91 Å². The van der Waals surface area contributed by atoms with Gasteiger partial charge in [-0.15, -0.1) is 0 Å². The zero-order chi connectivity index (χ0) is 17.6. The molecule has 3 aliphatic heterocycles. The molecule has 2 N–H and O–H groups in total. The first kappa shape index (κ1) is 15.9. The van der Waals surface area contributed by atoms with Crippen molar-refractivity contribution in [3.8, 4) is 0 Å². The number of benzene rings is 1. The third kappa shape index (κ3) is 2.73. The molecule has 7 heteroatoms. The van der Waals surface area contributed by atoms with Crippen molar-refractivity contribution in [3.05, 3.63) is 30.3 Å². The lowest BCUT2D eigenvalue weighted by atomic mass is 9.96. The van der Waals surface area contributed by atoms with Crippen LogP contribution in [0.25, 0.3) is 0 Å². The molecule has 3 heterocycles. The number of urea groups is 1. The Morgan fingerprint density at radius 2 is 1.96 bits per heavy atom. The lowest BCUT2D eigenvalue weighted by molar-refractivity contribution is -0.133. The van der Waals surface area contributed by atoms with E-state index >= 15 is 0 Å². The van der Waals surface area contributed by atoms with Crippen molar-refractivity contribution >= 4 is 23.5 Å². The molecule has 1 aromatic rings. The first-order valence-electron chi connectivity index (χ1n) is 8.71. The first-order chi connectivity index (χ1) is 12.0. The lowest BCUT2D eigenvalue weighted by Crippen LogP contribution is -2.50. The van der Waals surface area contributed by atoms with E-state index in [0.717, 1.165) is 19.5 Å². The minimum Gasteiger partial charge on any atom is -0.365 e. The van der Waals surface area contributed by atoms with Gasteiger partial charge in [0.1, 0.15) is 5.54 Å². The number of likely N-dealkylation sites (tertiary alicyclic amines) is 1. The quantitative estimate of drug-likeness (QED) is 0.795. The van der Waals surface area contributed by atoms with Gasteiger partial charge in [-0.2, -0.15) is 0 Å². The fraction of sp³-hybridized carbons (Fsp3) is 0.500. The molecule has 25 heavy (non-hydrogen) atoms. The Morgan fingerprint density at radius 1 is 1.20 bits per heavy atom. The molecule has 132 valence electrons. The van der Waals surface area contributed by atoms with Crippen LogP contribution < -0.4 is 15.5 Å². The number of piperazine rings is 1. The number of imide groups is 1. The van der Waals surface area contributed by atoms with Crippen LogP contribution in [0.2, 0.25) is 0 Å². The molecule has 0 aromatic heterocycles. The second-order valence-corrected chi connectivity index (χ2v) is 7.32. The molecule has 0 spiro atoms. The van der Waals surface area contributed by atoms with Gasteiger partial charge in [0.15, 0.2) is 0 Å². The summed E-state index contributed by atoms with van der Waals surface area (Å²) in [6.45, 7) is 3.25. The highest BCUT2D eigenvalue weighted by molar-refractivity contribution is 6.06. The maximum Gasteiger partial charge on any atom is 0.322 e. The van der Waals surface area contributed by atoms with Crippen molar-refractivity contribution in [2.45, 2.75) is 43.8 Å². The molecule has 0 aliphatic carbocycles. The van der Waals surface area contributed by atoms with Gasteiger partial charge in [-0.1, -0.05) is 18.2 Å². The van der Waals surface area contributed by atoms with E-state index < -0.39 is 11.6 Å². The van der Waals surface area contributed by atoms with Gasteiger partial charge in [0.2, 0.25) is 5.91 Å². The van der Waals surface area contributed by atoms with Crippen molar-refractivity contribution < 1.29 is 14.4 Å². The highest BCUT2D eigenvalue weighted by Crippen LogP contribution is 2.35.